The van der Waals surface area contributed by atoms with Gasteiger partial charge in [0.05, 0.1) is 13.2 Å². The molecule has 2 atom stereocenters. The molecule has 2 aromatic rings. The van der Waals surface area contributed by atoms with E-state index in [-0.39, 0.29) is 35.2 Å². The largest absolute Gasteiger partial charge is 0.433 e. The Kier molecular flexibility index (Phi) is 6.06. The van der Waals surface area contributed by atoms with Gasteiger partial charge in [-0.05, 0) is 25.1 Å². The van der Waals surface area contributed by atoms with E-state index in [1.165, 1.54) is 24.4 Å². The number of nitriles is 1. The van der Waals surface area contributed by atoms with Crippen molar-refractivity contribution in [3.05, 3.63) is 48.4 Å². The molecule has 4 rings (SSSR count). The van der Waals surface area contributed by atoms with Gasteiger partial charge in [0.1, 0.15) is 23.2 Å². The summed E-state index contributed by atoms with van der Waals surface area (Å²) in [5.41, 5.74) is -0.513. The van der Waals surface area contributed by atoms with Gasteiger partial charge >= 0.3 is 6.18 Å². The standard InChI is InChI=1S/C21H19F3N8O/c1-3-26-12(8-25)7-11(2)27-19-30-18(15-5-4-6-16(28-15)21(22,23)24)31-20(32-19)29-17-13-9-33-10-14(13)17/h3-7,13-14,17H,1,9-10H2,2H3,(H2,27,29,30,31,32)/b11-7+,26-12?. The number of hydrogen-bond donors (Lipinski definition) is 2. The van der Waals surface area contributed by atoms with Gasteiger partial charge in [-0.15, -0.1) is 0 Å². The summed E-state index contributed by atoms with van der Waals surface area (Å²) in [6, 6.07) is 5.55. The van der Waals surface area contributed by atoms with Crippen LogP contribution in [0.15, 0.2) is 47.7 Å². The molecule has 0 aromatic carbocycles. The van der Waals surface area contributed by atoms with E-state index in [1.807, 2.05) is 6.07 Å². The Morgan fingerprint density at radius 3 is 2.61 bits per heavy atom. The molecule has 2 fully saturated rings. The molecule has 170 valence electrons. The molecule has 1 aliphatic carbocycles. The lowest BCUT2D eigenvalue weighted by Crippen LogP contribution is -2.16. The number of hydrogen-bond acceptors (Lipinski definition) is 9. The van der Waals surface area contributed by atoms with Gasteiger partial charge in [-0.1, -0.05) is 12.6 Å². The molecular formula is C21H19F3N8O. The van der Waals surface area contributed by atoms with Gasteiger partial charge in [0, 0.05) is 29.8 Å². The maximum Gasteiger partial charge on any atom is 0.433 e. The van der Waals surface area contributed by atoms with Crippen LogP contribution in [-0.4, -0.2) is 44.9 Å². The predicted molar refractivity (Wildman–Crippen MR) is 114 cm³/mol. The normalized spacial score (nSPS) is 22.3. The fraction of sp³-hybridized carbons (Fsp3) is 0.333. The first-order valence-corrected chi connectivity index (χ1v) is 9.97. The maximum atomic E-state index is 13.1. The van der Waals surface area contributed by atoms with E-state index in [9.17, 15) is 13.2 Å². The maximum absolute atomic E-state index is 13.1. The summed E-state index contributed by atoms with van der Waals surface area (Å²) in [7, 11) is 0. The lowest BCUT2D eigenvalue weighted by atomic mass is 10.3. The van der Waals surface area contributed by atoms with Gasteiger partial charge in [-0.2, -0.15) is 33.4 Å². The van der Waals surface area contributed by atoms with Crippen LogP contribution in [0, 0.1) is 23.2 Å². The van der Waals surface area contributed by atoms with E-state index in [2.05, 4.69) is 42.1 Å². The molecule has 2 aromatic heterocycles. The van der Waals surface area contributed by atoms with Crippen molar-refractivity contribution in [1.82, 2.24) is 19.9 Å². The van der Waals surface area contributed by atoms with Crippen LogP contribution >= 0.6 is 0 Å². The third kappa shape index (κ3) is 5.15. The number of fused-ring (bicyclic) bond motifs is 1. The van der Waals surface area contributed by atoms with E-state index in [0.29, 0.717) is 30.7 Å². The predicted octanol–water partition coefficient (Wildman–Crippen LogP) is 3.43. The highest BCUT2D eigenvalue weighted by atomic mass is 19.4. The molecule has 2 unspecified atom stereocenters. The SMILES string of the molecule is C=CN=C(C#N)/C=C(\C)Nc1nc(NC2C3COCC32)nc(-c2cccc(C(F)(F)F)n2)n1. The second kappa shape index (κ2) is 8.95. The van der Waals surface area contributed by atoms with E-state index >= 15 is 0 Å². The molecule has 0 spiro atoms. The summed E-state index contributed by atoms with van der Waals surface area (Å²) in [6.45, 7) is 6.40. The quantitative estimate of drug-likeness (QED) is 0.608. The van der Waals surface area contributed by atoms with Gasteiger partial charge in [-0.3, -0.25) is 0 Å². The minimum Gasteiger partial charge on any atom is -0.381 e. The molecule has 0 bridgehead atoms. The Labute approximate surface area is 187 Å². The minimum absolute atomic E-state index is 0.0313. The summed E-state index contributed by atoms with van der Waals surface area (Å²) in [5.74, 6) is 0.949. The van der Waals surface area contributed by atoms with Gasteiger partial charge < -0.3 is 15.4 Å². The lowest BCUT2D eigenvalue weighted by molar-refractivity contribution is -0.141. The van der Waals surface area contributed by atoms with Crippen LogP contribution in [0.4, 0.5) is 25.1 Å². The third-order valence-corrected chi connectivity index (χ3v) is 5.16. The van der Waals surface area contributed by atoms with Crippen molar-refractivity contribution in [1.29, 1.82) is 5.26 Å². The molecule has 2 aliphatic rings. The van der Waals surface area contributed by atoms with Crippen LogP contribution < -0.4 is 10.6 Å². The molecule has 3 heterocycles. The average Bonchev–Trinajstić information content (AvgIpc) is 3.18. The Morgan fingerprint density at radius 1 is 1.21 bits per heavy atom. The third-order valence-electron chi connectivity index (χ3n) is 5.16. The van der Waals surface area contributed by atoms with Crippen molar-refractivity contribution in [2.45, 2.75) is 19.1 Å². The second-order valence-corrected chi connectivity index (χ2v) is 7.51. The van der Waals surface area contributed by atoms with Crippen molar-refractivity contribution in [3.63, 3.8) is 0 Å². The number of anilines is 2. The highest BCUT2D eigenvalue weighted by molar-refractivity contribution is 6.07. The number of aromatic nitrogens is 4. The number of rotatable bonds is 7. The molecule has 1 aliphatic heterocycles. The van der Waals surface area contributed by atoms with Crippen LogP contribution in [0.5, 0.6) is 0 Å². The molecule has 2 N–H and O–H groups in total. The highest BCUT2D eigenvalue weighted by Crippen LogP contribution is 2.45. The number of ether oxygens (including phenoxy) is 1. The van der Waals surface area contributed by atoms with Crippen LogP contribution in [0.1, 0.15) is 12.6 Å². The molecule has 9 nitrogen and oxygen atoms in total. The van der Waals surface area contributed by atoms with E-state index < -0.39 is 11.9 Å². The Hall–Kier alpha value is -3.85. The first-order valence-electron chi connectivity index (χ1n) is 9.97. The Balaban J connectivity index is 1.67. The van der Waals surface area contributed by atoms with Crippen LogP contribution in [-0.2, 0) is 10.9 Å². The zero-order valence-corrected chi connectivity index (χ0v) is 17.5. The minimum atomic E-state index is -4.60. The Bertz CT molecular complexity index is 1160. The van der Waals surface area contributed by atoms with Gasteiger partial charge in [0.25, 0.3) is 0 Å². The highest BCUT2D eigenvalue weighted by Gasteiger charge is 2.54. The molecule has 0 amide bonds. The zero-order valence-electron chi connectivity index (χ0n) is 17.5. The van der Waals surface area contributed by atoms with Gasteiger partial charge in [0.2, 0.25) is 11.9 Å². The lowest BCUT2D eigenvalue weighted by Gasteiger charge is -2.12. The number of allylic oxidation sites excluding steroid dienone is 2. The van der Waals surface area contributed by atoms with Crippen molar-refractivity contribution in [2.75, 3.05) is 23.8 Å². The van der Waals surface area contributed by atoms with Crippen molar-refractivity contribution >= 4 is 17.6 Å². The summed E-state index contributed by atoms with van der Waals surface area (Å²) < 4.78 is 44.8. The summed E-state index contributed by atoms with van der Waals surface area (Å²) >= 11 is 0. The number of halogens is 3. The first-order chi connectivity index (χ1) is 15.8. The summed E-state index contributed by atoms with van der Waals surface area (Å²) in [6.07, 6.45) is -1.90. The topological polar surface area (TPSA) is 121 Å². The monoisotopic (exact) mass is 456 g/mol. The van der Waals surface area contributed by atoms with Crippen molar-refractivity contribution in [3.8, 4) is 17.6 Å². The van der Waals surface area contributed by atoms with Crippen molar-refractivity contribution in [2.24, 2.45) is 16.8 Å². The Morgan fingerprint density at radius 2 is 1.94 bits per heavy atom. The summed E-state index contributed by atoms with van der Waals surface area (Å²) in [4.78, 5) is 20.4. The van der Waals surface area contributed by atoms with E-state index in [4.69, 9.17) is 10.00 Å². The van der Waals surface area contributed by atoms with Crippen LogP contribution in [0.3, 0.4) is 0 Å². The van der Waals surface area contributed by atoms with Crippen molar-refractivity contribution < 1.29 is 17.9 Å². The smallest absolute Gasteiger partial charge is 0.381 e. The fourth-order valence-corrected chi connectivity index (χ4v) is 3.55. The molecule has 0 radical (unpaired) electrons. The summed E-state index contributed by atoms with van der Waals surface area (Å²) in [5, 5.41) is 15.3. The molecule has 33 heavy (non-hydrogen) atoms. The fourth-order valence-electron chi connectivity index (χ4n) is 3.55. The van der Waals surface area contributed by atoms with Gasteiger partial charge in [-0.25, -0.2) is 9.98 Å². The molecule has 1 saturated heterocycles. The number of alkyl halides is 3. The number of nitrogens with one attached hydrogen (secondary N) is 2. The number of pyridine rings is 1. The van der Waals surface area contributed by atoms with E-state index in [0.717, 1.165) is 6.07 Å². The molecular weight excluding hydrogens is 437 g/mol. The van der Waals surface area contributed by atoms with E-state index in [1.54, 1.807) is 6.92 Å². The first kappa shape index (κ1) is 22.3. The molecule has 12 heteroatoms. The van der Waals surface area contributed by atoms with Crippen LogP contribution in [0.2, 0.25) is 0 Å². The second-order valence-electron chi connectivity index (χ2n) is 7.51. The van der Waals surface area contributed by atoms with Gasteiger partial charge in [0.15, 0.2) is 5.82 Å². The van der Waals surface area contributed by atoms with Crippen LogP contribution in [0.25, 0.3) is 11.5 Å². The number of nitrogens with zero attached hydrogens (tertiary/aromatic N) is 6. The average molecular weight is 456 g/mol. The molecule has 1 saturated carbocycles. The number of aliphatic imine (C=N–C) groups is 1. The zero-order chi connectivity index (χ0) is 23.6.